The molecule has 0 aliphatic carbocycles. The summed E-state index contributed by atoms with van der Waals surface area (Å²) >= 11 is 0. The van der Waals surface area contributed by atoms with Crippen molar-refractivity contribution in [1.82, 2.24) is 14.8 Å². The fraction of sp³-hybridized carbons (Fsp3) is 0.500. The van der Waals surface area contributed by atoms with E-state index in [1.165, 1.54) is 6.42 Å². The van der Waals surface area contributed by atoms with Crippen molar-refractivity contribution in [2.24, 2.45) is 0 Å². The Morgan fingerprint density at radius 2 is 2.21 bits per heavy atom. The predicted molar refractivity (Wildman–Crippen MR) is 74.4 cm³/mol. The van der Waals surface area contributed by atoms with E-state index in [4.69, 9.17) is 4.42 Å². The number of para-hydroxylation sites is 2. The van der Waals surface area contributed by atoms with Crippen LogP contribution in [0.3, 0.4) is 0 Å². The van der Waals surface area contributed by atoms with Crippen LogP contribution in [0.5, 0.6) is 0 Å². The number of benzene rings is 1. The maximum Gasteiger partial charge on any atom is 0.419 e. The van der Waals surface area contributed by atoms with E-state index >= 15 is 0 Å². The largest absolute Gasteiger partial charge is 0.419 e. The van der Waals surface area contributed by atoms with E-state index in [0.29, 0.717) is 18.2 Å². The maximum absolute atomic E-state index is 11.8. The van der Waals surface area contributed by atoms with Gasteiger partial charge in [0.2, 0.25) is 0 Å². The number of hydrogen-bond donors (Lipinski definition) is 1. The molecule has 5 nitrogen and oxygen atoms in total. The lowest BCUT2D eigenvalue weighted by Crippen LogP contribution is -2.32. The zero-order valence-corrected chi connectivity index (χ0v) is 11.1. The van der Waals surface area contributed by atoms with Gasteiger partial charge in [-0.2, -0.15) is 0 Å². The average molecular weight is 261 g/mol. The molecule has 1 saturated heterocycles. The smallest absolute Gasteiger partial charge is 0.408 e. The third kappa shape index (κ3) is 2.43. The van der Waals surface area contributed by atoms with Crippen molar-refractivity contribution in [3.8, 4) is 0 Å². The molecule has 5 heteroatoms. The Hall–Kier alpha value is -1.59. The molecular formula is C14H19N3O2. The summed E-state index contributed by atoms with van der Waals surface area (Å²) in [5, 5.41) is 3.30. The number of aromatic nitrogens is 1. The van der Waals surface area contributed by atoms with Gasteiger partial charge in [-0.3, -0.25) is 9.47 Å². The van der Waals surface area contributed by atoms with Crippen LogP contribution in [0.1, 0.15) is 6.42 Å². The first-order chi connectivity index (χ1) is 9.28. The normalized spacial score (nSPS) is 20.4. The third-order valence-corrected chi connectivity index (χ3v) is 3.89. The molecule has 3 rings (SSSR count). The van der Waals surface area contributed by atoms with Crippen LogP contribution in [0.25, 0.3) is 11.1 Å². The minimum Gasteiger partial charge on any atom is -0.408 e. The molecule has 1 N–H and O–H groups in total. The molecular weight excluding hydrogens is 242 g/mol. The number of rotatable bonds is 4. The molecule has 0 amide bonds. The summed E-state index contributed by atoms with van der Waals surface area (Å²) in [5.41, 5.74) is 1.55. The fourth-order valence-electron chi connectivity index (χ4n) is 2.74. The highest BCUT2D eigenvalue weighted by Crippen LogP contribution is 2.13. The van der Waals surface area contributed by atoms with Gasteiger partial charge in [-0.15, -0.1) is 0 Å². The highest BCUT2D eigenvalue weighted by molar-refractivity contribution is 5.72. The Bertz CT molecular complexity index is 616. The first kappa shape index (κ1) is 12.4. The van der Waals surface area contributed by atoms with Crippen molar-refractivity contribution in [1.29, 1.82) is 0 Å². The van der Waals surface area contributed by atoms with Crippen molar-refractivity contribution in [3.05, 3.63) is 34.8 Å². The van der Waals surface area contributed by atoms with Crippen LogP contribution in [0, 0.1) is 0 Å². The van der Waals surface area contributed by atoms with E-state index < -0.39 is 0 Å². The van der Waals surface area contributed by atoms with Crippen LogP contribution in [-0.4, -0.2) is 42.2 Å². The lowest BCUT2D eigenvalue weighted by molar-refractivity contribution is 0.311. The molecule has 0 bridgehead atoms. The second kappa shape index (κ2) is 5.19. The Kier molecular flexibility index (Phi) is 3.40. The van der Waals surface area contributed by atoms with E-state index in [-0.39, 0.29) is 5.76 Å². The van der Waals surface area contributed by atoms with Crippen molar-refractivity contribution in [2.45, 2.75) is 19.0 Å². The van der Waals surface area contributed by atoms with Gasteiger partial charge in [0.15, 0.2) is 5.58 Å². The molecule has 1 fully saturated rings. The molecule has 1 unspecified atom stereocenters. The molecule has 19 heavy (non-hydrogen) atoms. The minimum absolute atomic E-state index is 0.259. The summed E-state index contributed by atoms with van der Waals surface area (Å²) in [7, 11) is 2.00. The summed E-state index contributed by atoms with van der Waals surface area (Å²) in [6.07, 6.45) is 1.18. The SMILES string of the molecule is CNC1CCN(CCn2c(=O)oc3ccccc32)C1. The molecule has 2 aromatic rings. The monoisotopic (exact) mass is 261 g/mol. The zero-order valence-electron chi connectivity index (χ0n) is 11.1. The van der Waals surface area contributed by atoms with Crippen molar-refractivity contribution >= 4 is 11.1 Å². The van der Waals surface area contributed by atoms with Crippen LogP contribution in [-0.2, 0) is 6.54 Å². The topological polar surface area (TPSA) is 50.4 Å². The van der Waals surface area contributed by atoms with Gasteiger partial charge in [0.05, 0.1) is 5.52 Å². The number of oxazole rings is 1. The van der Waals surface area contributed by atoms with Crippen LogP contribution in [0.15, 0.2) is 33.5 Å². The Labute approximate surface area is 111 Å². The Morgan fingerprint density at radius 1 is 1.37 bits per heavy atom. The van der Waals surface area contributed by atoms with Crippen molar-refractivity contribution < 1.29 is 4.42 Å². The Balaban J connectivity index is 1.72. The molecule has 0 saturated carbocycles. The number of fused-ring (bicyclic) bond motifs is 1. The van der Waals surface area contributed by atoms with Gasteiger partial charge in [0.1, 0.15) is 0 Å². The van der Waals surface area contributed by atoms with E-state index in [0.717, 1.165) is 25.2 Å². The van der Waals surface area contributed by atoms with Crippen LogP contribution in [0.2, 0.25) is 0 Å². The summed E-state index contributed by atoms with van der Waals surface area (Å²) in [4.78, 5) is 14.2. The number of nitrogens with zero attached hydrogens (tertiary/aromatic N) is 2. The second-order valence-corrected chi connectivity index (χ2v) is 5.06. The number of hydrogen-bond acceptors (Lipinski definition) is 4. The molecule has 2 heterocycles. The number of likely N-dealkylation sites (tertiary alicyclic amines) is 1. The van der Waals surface area contributed by atoms with Gasteiger partial charge in [-0.25, -0.2) is 4.79 Å². The van der Waals surface area contributed by atoms with E-state index in [2.05, 4.69) is 10.2 Å². The van der Waals surface area contributed by atoms with E-state index in [1.807, 2.05) is 31.3 Å². The highest BCUT2D eigenvalue weighted by atomic mass is 16.4. The standard InChI is InChI=1S/C14H19N3O2/c1-15-11-6-7-16(10-11)8-9-17-12-4-2-3-5-13(12)19-14(17)18/h2-5,11,15H,6-10H2,1H3. The molecule has 1 aromatic heterocycles. The summed E-state index contributed by atoms with van der Waals surface area (Å²) in [5.74, 6) is -0.259. The quantitative estimate of drug-likeness (QED) is 0.888. The molecule has 1 aromatic carbocycles. The number of nitrogens with one attached hydrogen (secondary N) is 1. The fourth-order valence-corrected chi connectivity index (χ4v) is 2.74. The lowest BCUT2D eigenvalue weighted by Gasteiger charge is -2.15. The second-order valence-electron chi connectivity index (χ2n) is 5.06. The molecule has 0 spiro atoms. The molecule has 1 atom stereocenters. The molecule has 102 valence electrons. The molecule has 1 aliphatic heterocycles. The molecule has 1 aliphatic rings. The Morgan fingerprint density at radius 3 is 3.00 bits per heavy atom. The van der Waals surface area contributed by atoms with E-state index in [9.17, 15) is 4.79 Å². The van der Waals surface area contributed by atoms with Gasteiger partial charge in [-0.05, 0) is 32.1 Å². The average Bonchev–Trinajstić information content (AvgIpc) is 3.00. The summed E-state index contributed by atoms with van der Waals surface area (Å²) in [6.45, 7) is 3.73. The summed E-state index contributed by atoms with van der Waals surface area (Å²) < 4.78 is 6.96. The van der Waals surface area contributed by atoms with Crippen LogP contribution in [0.4, 0.5) is 0 Å². The maximum atomic E-state index is 11.8. The zero-order chi connectivity index (χ0) is 13.2. The first-order valence-electron chi connectivity index (χ1n) is 6.76. The van der Waals surface area contributed by atoms with Gasteiger partial charge in [0.25, 0.3) is 0 Å². The predicted octanol–water partition coefficient (Wildman–Crippen LogP) is 0.888. The first-order valence-corrected chi connectivity index (χ1v) is 6.76. The van der Waals surface area contributed by atoms with Gasteiger partial charge in [0, 0.05) is 25.7 Å². The highest BCUT2D eigenvalue weighted by Gasteiger charge is 2.20. The molecule has 0 radical (unpaired) electrons. The third-order valence-electron chi connectivity index (χ3n) is 3.89. The summed E-state index contributed by atoms with van der Waals surface area (Å²) in [6, 6.07) is 8.16. The van der Waals surface area contributed by atoms with Crippen molar-refractivity contribution in [2.75, 3.05) is 26.7 Å². The number of likely N-dealkylation sites (N-methyl/N-ethyl adjacent to an activating group) is 1. The van der Waals surface area contributed by atoms with Crippen LogP contribution >= 0.6 is 0 Å². The lowest BCUT2D eigenvalue weighted by atomic mass is 10.3. The van der Waals surface area contributed by atoms with E-state index in [1.54, 1.807) is 4.57 Å². The minimum atomic E-state index is -0.259. The van der Waals surface area contributed by atoms with Gasteiger partial charge < -0.3 is 9.73 Å². The van der Waals surface area contributed by atoms with Crippen LogP contribution < -0.4 is 11.1 Å². The van der Waals surface area contributed by atoms with Gasteiger partial charge in [-0.1, -0.05) is 12.1 Å². The van der Waals surface area contributed by atoms with Gasteiger partial charge >= 0.3 is 5.76 Å². The van der Waals surface area contributed by atoms with Crippen molar-refractivity contribution in [3.63, 3.8) is 0 Å².